The van der Waals surface area contributed by atoms with Crippen LogP contribution in [0.3, 0.4) is 0 Å². The molecule has 3 aromatic heterocycles. The molecule has 0 bridgehead atoms. The van der Waals surface area contributed by atoms with Crippen LogP contribution in [0.25, 0.3) is 21.3 Å². The summed E-state index contributed by atoms with van der Waals surface area (Å²) >= 11 is 1.46. The topological polar surface area (TPSA) is 85.3 Å². The van der Waals surface area contributed by atoms with Crippen LogP contribution in [-0.2, 0) is 6.54 Å². The summed E-state index contributed by atoms with van der Waals surface area (Å²) in [4.78, 5) is 30.2. The number of fused-ring (bicyclic) bond motifs is 1. The second-order valence-corrected chi connectivity index (χ2v) is 9.05. The van der Waals surface area contributed by atoms with Gasteiger partial charge in [0.05, 0.1) is 11.9 Å². The SMILES string of the molecule is CC(C)c1ccc(-c2csc3nc(C(C)C)n(Cc4ccc(C(=O)O)o4)c(=O)c23)cc1. The molecule has 0 aliphatic heterocycles. The zero-order valence-electron chi connectivity index (χ0n) is 17.9. The van der Waals surface area contributed by atoms with E-state index in [9.17, 15) is 9.59 Å². The molecule has 0 radical (unpaired) electrons. The number of aromatic carboxylic acids is 1. The quantitative estimate of drug-likeness (QED) is 0.418. The Labute approximate surface area is 183 Å². The molecule has 0 spiro atoms. The third-order valence-corrected chi connectivity index (χ3v) is 6.19. The van der Waals surface area contributed by atoms with Crippen molar-refractivity contribution in [2.75, 3.05) is 0 Å². The number of furan rings is 1. The van der Waals surface area contributed by atoms with Crippen LogP contribution in [0.5, 0.6) is 0 Å². The molecule has 1 aromatic carbocycles. The van der Waals surface area contributed by atoms with E-state index in [0.29, 0.717) is 27.7 Å². The Hall–Kier alpha value is -3.19. The van der Waals surface area contributed by atoms with E-state index in [2.05, 4.69) is 26.0 Å². The Morgan fingerprint density at radius 2 is 1.81 bits per heavy atom. The number of aromatic nitrogens is 2. The van der Waals surface area contributed by atoms with E-state index < -0.39 is 5.97 Å². The first-order valence-corrected chi connectivity index (χ1v) is 11.1. The van der Waals surface area contributed by atoms with E-state index in [1.54, 1.807) is 10.6 Å². The van der Waals surface area contributed by atoms with Gasteiger partial charge in [0.25, 0.3) is 5.56 Å². The zero-order chi connectivity index (χ0) is 22.3. The largest absolute Gasteiger partial charge is 0.475 e. The molecule has 3 heterocycles. The van der Waals surface area contributed by atoms with Gasteiger partial charge >= 0.3 is 5.97 Å². The maximum Gasteiger partial charge on any atom is 0.371 e. The minimum atomic E-state index is -1.14. The lowest BCUT2D eigenvalue weighted by Gasteiger charge is -2.14. The standard InChI is InChI=1S/C24H24N2O4S/c1-13(2)15-5-7-16(8-6-15)18-12-31-22-20(18)23(27)26(21(25-22)14(3)4)11-17-9-10-19(30-17)24(28)29/h5-10,12-14H,11H2,1-4H3,(H,28,29). The molecule has 0 saturated heterocycles. The summed E-state index contributed by atoms with van der Waals surface area (Å²) < 4.78 is 6.99. The van der Waals surface area contributed by atoms with Crippen molar-refractivity contribution in [2.24, 2.45) is 0 Å². The summed E-state index contributed by atoms with van der Waals surface area (Å²) in [6, 6.07) is 11.3. The summed E-state index contributed by atoms with van der Waals surface area (Å²) in [5.41, 5.74) is 2.94. The van der Waals surface area contributed by atoms with E-state index in [1.165, 1.54) is 23.0 Å². The number of carbonyl (C=O) groups is 1. The number of rotatable bonds is 6. The number of hydrogen-bond donors (Lipinski definition) is 1. The van der Waals surface area contributed by atoms with Gasteiger partial charge in [-0.25, -0.2) is 9.78 Å². The smallest absolute Gasteiger partial charge is 0.371 e. The van der Waals surface area contributed by atoms with E-state index >= 15 is 0 Å². The van der Waals surface area contributed by atoms with E-state index in [-0.39, 0.29) is 23.8 Å². The van der Waals surface area contributed by atoms with Gasteiger partial charge in [0.1, 0.15) is 16.4 Å². The van der Waals surface area contributed by atoms with Crippen molar-refractivity contribution < 1.29 is 14.3 Å². The normalized spacial score (nSPS) is 11.7. The summed E-state index contributed by atoms with van der Waals surface area (Å²) in [5, 5.41) is 11.7. The lowest BCUT2D eigenvalue weighted by molar-refractivity contribution is 0.0660. The van der Waals surface area contributed by atoms with Crippen molar-refractivity contribution in [3.63, 3.8) is 0 Å². The summed E-state index contributed by atoms with van der Waals surface area (Å²) in [7, 11) is 0. The van der Waals surface area contributed by atoms with E-state index in [0.717, 1.165) is 11.1 Å². The van der Waals surface area contributed by atoms with Crippen LogP contribution < -0.4 is 5.56 Å². The fraction of sp³-hybridized carbons (Fsp3) is 0.292. The fourth-order valence-corrected chi connectivity index (χ4v) is 4.57. The van der Waals surface area contributed by atoms with Gasteiger partial charge in [0, 0.05) is 16.9 Å². The first-order valence-electron chi connectivity index (χ1n) is 10.2. The van der Waals surface area contributed by atoms with Gasteiger partial charge in [0.15, 0.2) is 0 Å². The molecule has 0 fully saturated rings. The Morgan fingerprint density at radius 1 is 1.10 bits per heavy atom. The highest BCUT2D eigenvalue weighted by molar-refractivity contribution is 7.17. The van der Waals surface area contributed by atoms with Gasteiger partial charge in [0.2, 0.25) is 5.76 Å². The molecule has 0 atom stereocenters. The molecule has 31 heavy (non-hydrogen) atoms. The average molecular weight is 437 g/mol. The summed E-state index contributed by atoms with van der Waals surface area (Å²) in [6.07, 6.45) is 0. The van der Waals surface area contributed by atoms with Gasteiger partial charge in [-0.05, 0) is 29.2 Å². The van der Waals surface area contributed by atoms with Gasteiger partial charge in [-0.3, -0.25) is 9.36 Å². The van der Waals surface area contributed by atoms with Crippen LogP contribution in [0.2, 0.25) is 0 Å². The first kappa shape index (κ1) is 21.1. The second-order valence-electron chi connectivity index (χ2n) is 8.19. The predicted octanol–water partition coefficient (Wildman–Crippen LogP) is 5.71. The number of carboxylic acid groups (broad SMARTS) is 1. The van der Waals surface area contributed by atoms with Crippen molar-refractivity contribution in [1.29, 1.82) is 0 Å². The van der Waals surface area contributed by atoms with Crippen molar-refractivity contribution >= 4 is 27.5 Å². The Balaban J connectivity index is 1.85. The molecule has 0 unspecified atom stereocenters. The number of thiophene rings is 1. The van der Waals surface area contributed by atoms with Crippen LogP contribution in [0.15, 0.2) is 51.0 Å². The molecular formula is C24H24N2O4S. The highest BCUT2D eigenvalue weighted by Gasteiger charge is 2.20. The lowest BCUT2D eigenvalue weighted by Crippen LogP contribution is -2.26. The number of benzene rings is 1. The minimum absolute atomic E-state index is 0.0156. The molecular weight excluding hydrogens is 412 g/mol. The van der Waals surface area contributed by atoms with Crippen molar-refractivity contribution in [2.45, 2.75) is 46.1 Å². The van der Waals surface area contributed by atoms with Gasteiger partial charge in [-0.1, -0.05) is 52.0 Å². The molecule has 4 aromatic rings. The molecule has 0 aliphatic rings. The number of hydrogen-bond acceptors (Lipinski definition) is 5. The van der Waals surface area contributed by atoms with Crippen LogP contribution in [0.4, 0.5) is 0 Å². The maximum atomic E-state index is 13.6. The van der Waals surface area contributed by atoms with Crippen LogP contribution >= 0.6 is 11.3 Å². The highest BCUT2D eigenvalue weighted by atomic mass is 32.1. The first-order chi connectivity index (χ1) is 14.8. The summed E-state index contributed by atoms with van der Waals surface area (Å²) in [6.45, 7) is 8.39. The Bertz CT molecular complexity index is 1310. The molecule has 0 amide bonds. The summed E-state index contributed by atoms with van der Waals surface area (Å²) in [5.74, 6) is 0.215. The van der Waals surface area contributed by atoms with Crippen molar-refractivity contribution in [1.82, 2.24) is 9.55 Å². The minimum Gasteiger partial charge on any atom is -0.475 e. The third-order valence-electron chi connectivity index (χ3n) is 5.31. The average Bonchev–Trinajstić information content (AvgIpc) is 3.37. The molecule has 6 nitrogen and oxygen atoms in total. The van der Waals surface area contributed by atoms with Crippen molar-refractivity contribution in [3.05, 3.63) is 75.0 Å². The third kappa shape index (κ3) is 3.93. The molecule has 7 heteroatoms. The van der Waals surface area contributed by atoms with E-state index in [4.69, 9.17) is 14.5 Å². The lowest BCUT2D eigenvalue weighted by atomic mass is 9.99. The Morgan fingerprint density at radius 3 is 2.39 bits per heavy atom. The molecule has 0 aliphatic carbocycles. The van der Waals surface area contributed by atoms with Crippen LogP contribution in [0.1, 0.15) is 67.2 Å². The van der Waals surface area contributed by atoms with E-state index in [1.807, 2.05) is 31.4 Å². The number of carboxylic acids is 1. The van der Waals surface area contributed by atoms with Crippen LogP contribution in [-0.4, -0.2) is 20.6 Å². The van der Waals surface area contributed by atoms with Crippen molar-refractivity contribution in [3.8, 4) is 11.1 Å². The van der Waals surface area contributed by atoms with Gasteiger partial charge in [-0.15, -0.1) is 11.3 Å². The Kier molecular flexibility index (Phi) is 5.54. The zero-order valence-corrected chi connectivity index (χ0v) is 18.7. The van der Waals surface area contributed by atoms with Gasteiger partial charge in [-0.2, -0.15) is 0 Å². The predicted molar refractivity (Wildman–Crippen MR) is 122 cm³/mol. The highest BCUT2D eigenvalue weighted by Crippen LogP contribution is 2.32. The molecule has 160 valence electrons. The molecule has 1 N–H and O–H groups in total. The van der Waals surface area contributed by atoms with Gasteiger partial charge < -0.3 is 9.52 Å². The second kappa shape index (κ2) is 8.15. The van der Waals surface area contributed by atoms with Crippen LogP contribution in [0, 0.1) is 0 Å². The molecule has 0 saturated carbocycles. The monoisotopic (exact) mass is 436 g/mol. The fourth-order valence-electron chi connectivity index (χ4n) is 3.63. The maximum absolute atomic E-state index is 13.6. The number of nitrogens with zero attached hydrogens (tertiary/aromatic N) is 2. The molecule has 4 rings (SSSR count).